The van der Waals surface area contributed by atoms with Crippen molar-refractivity contribution in [2.24, 2.45) is 17.3 Å². The zero-order valence-corrected chi connectivity index (χ0v) is 9.42. The molecule has 0 saturated carbocycles. The summed E-state index contributed by atoms with van der Waals surface area (Å²) in [6, 6.07) is 0. The van der Waals surface area contributed by atoms with Crippen molar-refractivity contribution in [2.45, 2.75) is 40.0 Å². The Bertz CT molecular complexity index is 256. The molecule has 0 spiro atoms. The van der Waals surface area contributed by atoms with Crippen LogP contribution in [0, 0.1) is 17.3 Å². The second kappa shape index (κ2) is 4.61. The van der Waals surface area contributed by atoms with Crippen LogP contribution in [0.3, 0.4) is 0 Å². The smallest absolute Gasteiger partial charge is 0.120 e. The van der Waals surface area contributed by atoms with Gasteiger partial charge in [0, 0.05) is 0 Å². The zero-order valence-electron chi connectivity index (χ0n) is 9.42. The molecule has 0 radical (unpaired) electrons. The van der Waals surface area contributed by atoms with Gasteiger partial charge in [0.05, 0.1) is 0 Å². The third-order valence-corrected chi connectivity index (χ3v) is 3.43. The molecule has 1 rings (SSSR count). The Hall–Kier alpha value is -0.810. The lowest BCUT2D eigenvalue weighted by atomic mass is 9.65. The molecule has 1 aliphatic rings. The van der Waals surface area contributed by atoms with Crippen LogP contribution in [0.25, 0.3) is 0 Å². The van der Waals surface area contributed by atoms with Crippen LogP contribution in [-0.4, -0.2) is 5.94 Å². The van der Waals surface area contributed by atoms with Crippen LogP contribution in [0.5, 0.6) is 0 Å². The molecule has 0 bridgehead atoms. The van der Waals surface area contributed by atoms with Crippen LogP contribution in [0.1, 0.15) is 40.0 Å². The molecule has 0 aromatic carbocycles. The molecule has 1 heteroatoms. The van der Waals surface area contributed by atoms with E-state index in [4.69, 9.17) is 0 Å². The Morgan fingerprint density at radius 3 is 2.86 bits per heavy atom. The Balaban J connectivity index is 2.62. The number of rotatable bonds is 3. The van der Waals surface area contributed by atoms with Crippen LogP contribution in [0.15, 0.2) is 18.2 Å². The van der Waals surface area contributed by atoms with Gasteiger partial charge in [0.25, 0.3) is 0 Å². The van der Waals surface area contributed by atoms with Gasteiger partial charge in [-0.3, -0.25) is 0 Å². The van der Waals surface area contributed by atoms with Crippen LogP contribution < -0.4 is 0 Å². The lowest BCUT2D eigenvalue weighted by Gasteiger charge is -2.39. The van der Waals surface area contributed by atoms with Crippen molar-refractivity contribution in [1.29, 1.82) is 0 Å². The predicted octanol–water partition coefficient (Wildman–Crippen LogP) is 3.39. The molecular weight excluding hydrogens is 172 g/mol. The van der Waals surface area contributed by atoms with Gasteiger partial charge in [0.2, 0.25) is 0 Å². The summed E-state index contributed by atoms with van der Waals surface area (Å²) in [4.78, 5) is 10.1. The molecule has 0 aliphatic heterocycles. The molecule has 78 valence electrons. The van der Waals surface area contributed by atoms with E-state index < -0.39 is 0 Å². The van der Waals surface area contributed by atoms with Gasteiger partial charge in [-0.2, -0.15) is 0 Å². The fourth-order valence-corrected chi connectivity index (χ4v) is 2.56. The monoisotopic (exact) mass is 192 g/mol. The topological polar surface area (TPSA) is 17.1 Å². The molecule has 0 heterocycles. The molecule has 1 aliphatic carbocycles. The second-order valence-electron chi connectivity index (χ2n) is 4.99. The van der Waals surface area contributed by atoms with Gasteiger partial charge < -0.3 is 0 Å². The van der Waals surface area contributed by atoms with Crippen molar-refractivity contribution in [3.05, 3.63) is 18.2 Å². The number of carbonyl (C=O) groups excluding carboxylic acids is 1. The van der Waals surface area contributed by atoms with E-state index in [1.807, 2.05) is 5.94 Å². The molecule has 14 heavy (non-hydrogen) atoms. The summed E-state index contributed by atoms with van der Waals surface area (Å²) in [7, 11) is 0. The first-order chi connectivity index (χ1) is 6.58. The van der Waals surface area contributed by atoms with Crippen molar-refractivity contribution < 1.29 is 4.79 Å². The minimum absolute atomic E-state index is 0.380. The Kier molecular flexibility index (Phi) is 3.71. The van der Waals surface area contributed by atoms with Gasteiger partial charge in [0.15, 0.2) is 0 Å². The number of allylic oxidation sites excluding steroid dienone is 3. The van der Waals surface area contributed by atoms with Gasteiger partial charge in [0.1, 0.15) is 5.94 Å². The van der Waals surface area contributed by atoms with E-state index in [0.29, 0.717) is 17.3 Å². The average Bonchev–Trinajstić information content (AvgIpc) is 2.09. The molecule has 2 unspecified atom stereocenters. The van der Waals surface area contributed by atoms with Crippen molar-refractivity contribution in [3.8, 4) is 0 Å². The first kappa shape index (κ1) is 11.3. The summed E-state index contributed by atoms with van der Waals surface area (Å²) in [6.07, 6.45) is 9.34. The third kappa shape index (κ3) is 2.59. The minimum atomic E-state index is 0.380. The second-order valence-corrected chi connectivity index (χ2v) is 4.99. The van der Waals surface area contributed by atoms with Crippen LogP contribution in [0.4, 0.5) is 0 Å². The lowest BCUT2D eigenvalue weighted by molar-refractivity contribution is 0.150. The highest BCUT2D eigenvalue weighted by atomic mass is 16.1. The molecule has 0 amide bonds. The highest BCUT2D eigenvalue weighted by Gasteiger charge is 2.33. The molecule has 0 saturated heterocycles. The highest BCUT2D eigenvalue weighted by molar-refractivity contribution is 5.44. The van der Waals surface area contributed by atoms with Gasteiger partial charge in [-0.05, 0) is 42.6 Å². The van der Waals surface area contributed by atoms with E-state index in [9.17, 15) is 4.79 Å². The van der Waals surface area contributed by atoms with Crippen molar-refractivity contribution in [3.63, 3.8) is 0 Å². The number of hydrogen-bond acceptors (Lipinski definition) is 1. The molecule has 0 aromatic heterocycles. The fourth-order valence-electron chi connectivity index (χ4n) is 2.56. The fraction of sp³-hybridized carbons (Fsp3) is 0.692. The van der Waals surface area contributed by atoms with Crippen molar-refractivity contribution in [2.75, 3.05) is 0 Å². The summed E-state index contributed by atoms with van der Waals surface area (Å²) in [6.45, 7) is 6.91. The molecule has 2 atom stereocenters. The van der Waals surface area contributed by atoms with E-state index in [2.05, 4.69) is 32.9 Å². The van der Waals surface area contributed by atoms with Crippen molar-refractivity contribution >= 4 is 5.94 Å². The summed E-state index contributed by atoms with van der Waals surface area (Å²) >= 11 is 0. The molecule has 0 aromatic rings. The minimum Gasteiger partial charge on any atom is -0.234 e. The molecule has 1 nitrogen and oxygen atoms in total. The number of hydrogen-bond donors (Lipinski definition) is 0. The predicted molar refractivity (Wildman–Crippen MR) is 59.7 cm³/mol. The largest absolute Gasteiger partial charge is 0.234 e. The maximum Gasteiger partial charge on any atom is 0.120 e. The Labute approximate surface area is 86.9 Å². The standard InChI is InChI=1S/C13H20O/c1-11-7-6-9-13(2,3)12(11)8-4-5-10-14/h5-7,11-12H,4,8-9H2,1-3H3. The maximum atomic E-state index is 10.1. The summed E-state index contributed by atoms with van der Waals surface area (Å²) < 4.78 is 0. The SMILES string of the molecule is CC1C=CCC(C)(C)C1CCC=C=O. The summed E-state index contributed by atoms with van der Waals surface area (Å²) in [5.74, 6) is 3.19. The molecular formula is C13H20O. The zero-order chi connectivity index (χ0) is 10.6. The van der Waals surface area contributed by atoms with Gasteiger partial charge in [-0.1, -0.05) is 32.9 Å². The normalized spacial score (nSPS) is 29.6. The van der Waals surface area contributed by atoms with E-state index in [-0.39, 0.29) is 0 Å². The molecule has 0 fully saturated rings. The average molecular weight is 192 g/mol. The Morgan fingerprint density at radius 1 is 1.57 bits per heavy atom. The molecule has 0 N–H and O–H groups in total. The van der Waals surface area contributed by atoms with Gasteiger partial charge in [-0.15, -0.1) is 0 Å². The summed E-state index contributed by atoms with van der Waals surface area (Å²) in [5.41, 5.74) is 0.380. The highest BCUT2D eigenvalue weighted by Crippen LogP contribution is 2.42. The van der Waals surface area contributed by atoms with Gasteiger partial charge in [-0.25, -0.2) is 4.79 Å². The van der Waals surface area contributed by atoms with Gasteiger partial charge >= 0.3 is 0 Å². The van der Waals surface area contributed by atoms with E-state index in [0.717, 1.165) is 19.3 Å². The maximum absolute atomic E-state index is 10.1. The lowest BCUT2D eigenvalue weighted by Crippen LogP contribution is -2.30. The first-order valence-corrected chi connectivity index (χ1v) is 5.44. The van der Waals surface area contributed by atoms with E-state index in [1.54, 1.807) is 6.08 Å². The third-order valence-electron chi connectivity index (χ3n) is 3.43. The van der Waals surface area contributed by atoms with E-state index >= 15 is 0 Å². The van der Waals surface area contributed by atoms with Crippen LogP contribution in [0.2, 0.25) is 0 Å². The summed E-state index contributed by atoms with van der Waals surface area (Å²) in [5, 5.41) is 0. The quantitative estimate of drug-likeness (QED) is 0.495. The van der Waals surface area contributed by atoms with E-state index in [1.165, 1.54) is 0 Å². The van der Waals surface area contributed by atoms with Crippen molar-refractivity contribution in [1.82, 2.24) is 0 Å². The Morgan fingerprint density at radius 2 is 2.29 bits per heavy atom. The first-order valence-electron chi connectivity index (χ1n) is 5.44. The van der Waals surface area contributed by atoms with Crippen LogP contribution in [-0.2, 0) is 4.79 Å². The van der Waals surface area contributed by atoms with Crippen LogP contribution >= 0.6 is 0 Å².